The van der Waals surface area contributed by atoms with Crippen LogP contribution >= 0.6 is 0 Å². The number of hydrogen-bond donors (Lipinski definition) is 1. The molecule has 0 unspecified atom stereocenters. The number of carbonyl (C=O) groups is 1. The van der Waals surface area contributed by atoms with E-state index in [9.17, 15) is 4.79 Å². The third kappa shape index (κ3) is 5.61. The molecule has 0 radical (unpaired) electrons. The second-order valence-electron chi connectivity index (χ2n) is 3.50. The molecule has 0 aromatic heterocycles. The van der Waals surface area contributed by atoms with Crippen LogP contribution in [-0.4, -0.2) is 19.2 Å². The average Bonchev–Trinajstić information content (AvgIpc) is 2.35. The van der Waals surface area contributed by atoms with Crippen LogP contribution in [0.5, 0.6) is 5.75 Å². The van der Waals surface area contributed by atoms with Crippen LogP contribution in [0.4, 0.5) is 5.69 Å². The van der Waals surface area contributed by atoms with Gasteiger partial charge in [-0.05, 0) is 37.1 Å². The Kier molecular flexibility index (Phi) is 5.64. The number of unbranched alkanes of at least 4 members (excludes halogenated alkanes) is 1. The van der Waals surface area contributed by atoms with Gasteiger partial charge >= 0.3 is 5.97 Å². The molecule has 0 saturated heterocycles. The van der Waals surface area contributed by atoms with Crippen molar-refractivity contribution in [2.24, 2.45) is 0 Å². The van der Waals surface area contributed by atoms with Crippen molar-refractivity contribution >= 4 is 11.7 Å². The van der Waals surface area contributed by atoms with Gasteiger partial charge in [-0.2, -0.15) is 0 Å². The molecule has 92 valence electrons. The van der Waals surface area contributed by atoms with E-state index in [0.29, 0.717) is 18.9 Å². The maximum Gasteiger partial charge on any atom is 0.330 e. The summed E-state index contributed by atoms with van der Waals surface area (Å²) in [5, 5.41) is 0. The number of hydrogen-bond acceptors (Lipinski definition) is 4. The van der Waals surface area contributed by atoms with E-state index < -0.39 is 0 Å². The Morgan fingerprint density at radius 1 is 1.24 bits per heavy atom. The Labute approximate surface area is 101 Å². The molecule has 0 saturated carbocycles. The molecule has 0 bridgehead atoms. The first-order valence-electron chi connectivity index (χ1n) is 5.50. The van der Waals surface area contributed by atoms with Gasteiger partial charge in [0, 0.05) is 11.8 Å². The lowest BCUT2D eigenvalue weighted by atomic mass is 10.3. The highest BCUT2D eigenvalue weighted by Crippen LogP contribution is 2.13. The fourth-order valence-corrected chi connectivity index (χ4v) is 1.19. The first-order valence-corrected chi connectivity index (χ1v) is 5.50. The standard InChI is InChI=1S/C13H17NO3/c1-2-13(15)17-10-4-3-9-16-12-7-5-11(14)6-8-12/h2,5-8H,1,3-4,9-10,14H2. The van der Waals surface area contributed by atoms with E-state index in [1.165, 1.54) is 0 Å². The highest BCUT2D eigenvalue weighted by Gasteiger charge is 1.96. The zero-order valence-electron chi connectivity index (χ0n) is 9.72. The number of nitrogens with two attached hydrogens (primary N) is 1. The van der Waals surface area contributed by atoms with Gasteiger partial charge in [-0.15, -0.1) is 0 Å². The number of benzene rings is 1. The minimum absolute atomic E-state index is 0.385. The van der Waals surface area contributed by atoms with Crippen LogP contribution < -0.4 is 10.5 Å². The monoisotopic (exact) mass is 235 g/mol. The van der Waals surface area contributed by atoms with Gasteiger partial charge in [0.2, 0.25) is 0 Å². The normalized spacial score (nSPS) is 9.65. The molecule has 0 atom stereocenters. The van der Waals surface area contributed by atoms with E-state index in [2.05, 4.69) is 6.58 Å². The van der Waals surface area contributed by atoms with Gasteiger partial charge in [-0.3, -0.25) is 0 Å². The summed E-state index contributed by atoms with van der Waals surface area (Å²) < 4.78 is 10.3. The van der Waals surface area contributed by atoms with Crippen LogP contribution in [0.15, 0.2) is 36.9 Å². The minimum atomic E-state index is -0.385. The molecule has 1 aromatic carbocycles. The van der Waals surface area contributed by atoms with Crippen molar-refractivity contribution in [1.82, 2.24) is 0 Å². The summed E-state index contributed by atoms with van der Waals surface area (Å²) in [6.07, 6.45) is 2.76. The number of anilines is 1. The topological polar surface area (TPSA) is 61.5 Å². The maximum absolute atomic E-state index is 10.7. The molecular formula is C13H17NO3. The zero-order valence-corrected chi connectivity index (χ0v) is 9.72. The van der Waals surface area contributed by atoms with Crippen molar-refractivity contribution < 1.29 is 14.3 Å². The molecule has 0 heterocycles. The first-order chi connectivity index (χ1) is 8.22. The maximum atomic E-state index is 10.7. The largest absolute Gasteiger partial charge is 0.494 e. The van der Waals surface area contributed by atoms with Crippen LogP contribution in [-0.2, 0) is 9.53 Å². The lowest BCUT2D eigenvalue weighted by Crippen LogP contribution is -2.04. The lowest BCUT2D eigenvalue weighted by molar-refractivity contribution is -0.137. The van der Waals surface area contributed by atoms with Gasteiger partial charge in [0.1, 0.15) is 5.75 Å². The summed E-state index contributed by atoms with van der Waals surface area (Å²) >= 11 is 0. The van der Waals surface area contributed by atoms with Crippen LogP contribution in [0.2, 0.25) is 0 Å². The Balaban J connectivity index is 2.06. The molecule has 0 aliphatic carbocycles. The van der Waals surface area contributed by atoms with E-state index in [0.717, 1.165) is 24.7 Å². The van der Waals surface area contributed by atoms with Gasteiger partial charge in [-0.25, -0.2) is 4.79 Å². The molecule has 0 spiro atoms. The summed E-state index contributed by atoms with van der Waals surface area (Å²) in [6.45, 7) is 4.30. The molecule has 1 rings (SSSR count). The van der Waals surface area contributed by atoms with Gasteiger partial charge < -0.3 is 15.2 Å². The van der Waals surface area contributed by atoms with Gasteiger partial charge in [0.05, 0.1) is 13.2 Å². The molecule has 1 aromatic rings. The summed E-state index contributed by atoms with van der Waals surface area (Å²) in [6, 6.07) is 7.24. The highest BCUT2D eigenvalue weighted by molar-refractivity contribution is 5.81. The molecule has 2 N–H and O–H groups in total. The number of rotatable bonds is 7. The van der Waals surface area contributed by atoms with Crippen molar-refractivity contribution in [3.63, 3.8) is 0 Å². The highest BCUT2D eigenvalue weighted by atomic mass is 16.5. The third-order valence-corrected chi connectivity index (χ3v) is 2.10. The van der Waals surface area contributed by atoms with Gasteiger partial charge in [0.25, 0.3) is 0 Å². The van der Waals surface area contributed by atoms with Crippen molar-refractivity contribution in [1.29, 1.82) is 0 Å². The van der Waals surface area contributed by atoms with Crippen molar-refractivity contribution in [3.8, 4) is 5.75 Å². The van der Waals surface area contributed by atoms with Gasteiger partial charge in [-0.1, -0.05) is 6.58 Å². The van der Waals surface area contributed by atoms with E-state index in [4.69, 9.17) is 15.2 Å². The quantitative estimate of drug-likeness (QED) is 0.340. The molecule has 0 fully saturated rings. The smallest absolute Gasteiger partial charge is 0.330 e. The van der Waals surface area contributed by atoms with E-state index in [-0.39, 0.29) is 5.97 Å². The minimum Gasteiger partial charge on any atom is -0.494 e. The molecule has 4 nitrogen and oxygen atoms in total. The molecular weight excluding hydrogens is 218 g/mol. The van der Waals surface area contributed by atoms with Crippen LogP contribution in [0, 0.1) is 0 Å². The Hall–Kier alpha value is -1.97. The van der Waals surface area contributed by atoms with Gasteiger partial charge in [0.15, 0.2) is 0 Å². The third-order valence-electron chi connectivity index (χ3n) is 2.10. The molecule has 0 aliphatic heterocycles. The molecule has 0 amide bonds. The summed E-state index contributed by atoms with van der Waals surface area (Å²) in [5.41, 5.74) is 6.27. The van der Waals surface area contributed by atoms with Crippen molar-refractivity contribution in [3.05, 3.63) is 36.9 Å². The lowest BCUT2D eigenvalue weighted by Gasteiger charge is -2.06. The average molecular weight is 235 g/mol. The Bertz CT molecular complexity index is 359. The van der Waals surface area contributed by atoms with Crippen molar-refractivity contribution in [2.45, 2.75) is 12.8 Å². The predicted octanol–water partition coefficient (Wildman–Crippen LogP) is 2.16. The Morgan fingerprint density at radius 2 is 1.88 bits per heavy atom. The second kappa shape index (κ2) is 7.33. The number of esters is 1. The van der Waals surface area contributed by atoms with Crippen LogP contribution in [0.3, 0.4) is 0 Å². The van der Waals surface area contributed by atoms with E-state index in [1.807, 2.05) is 12.1 Å². The Morgan fingerprint density at radius 3 is 2.53 bits per heavy atom. The number of carbonyl (C=O) groups excluding carboxylic acids is 1. The molecule has 4 heteroatoms. The fraction of sp³-hybridized carbons (Fsp3) is 0.308. The number of nitrogen functional groups attached to an aromatic ring is 1. The summed E-state index contributed by atoms with van der Waals surface area (Å²) in [5.74, 6) is 0.409. The number of ether oxygens (including phenoxy) is 2. The summed E-state index contributed by atoms with van der Waals surface area (Å²) in [4.78, 5) is 10.7. The molecule has 17 heavy (non-hydrogen) atoms. The van der Waals surface area contributed by atoms with Crippen molar-refractivity contribution in [2.75, 3.05) is 18.9 Å². The predicted molar refractivity (Wildman–Crippen MR) is 66.7 cm³/mol. The van der Waals surface area contributed by atoms with Crippen LogP contribution in [0.25, 0.3) is 0 Å². The van der Waals surface area contributed by atoms with E-state index in [1.54, 1.807) is 12.1 Å². The SMILES string of the molecule is C=CC(=O)OCCCCOc1ccc(N)cc1. The molecule has 0 aliphatic rings. The zero-order chi connectivity index (χ0) is 12.5. The van der Waals surface area contributed by atoms with E-state index >= 15 is 0 Å². The summed E-state index contributed by atoms with van der Waals surface area (Å²) in [7, 11) is 0. The first kappa shape index (κ1) is 13.1. The fourth-order valence-electron chi connectivity index (χ4n) is 1.19. The second-order valence-corrected chi connectivity index (χ2v) is 3.50. The van der Waals surface area contributed by atoms with Crippen LogP contribution in [0.1, 0.15) is 12.8 Å².